The molecule has 6 aromatic rings. The number of aromatic nitrogens is 5. The van der Waals surface area contributed by atoms with Crippen LogP contribution in [0.25, 0.3) is 11.4 Å². The molecule has 0 fully saturated rings. The van der Waals surface area contributed by atoms with Crippen molar-refractivity contribution in [3.63, 3.8) is 0 Å². The molecule has 0 amide bonds. The summed E-state index contributed by atoms with van der Waals surface area (Å²) in [5, 5.41) is 10.1. The molecule has 12 heteroatoms. The summed E-state index contributed by atoms with van der Waals surface area (Å²) in [7, 11) is 0. The highest BCUT2D eigenvalue weighted by molar-refractivity contribution is 7.16. The molecule has 0 radical (unpaired) electrons. The number of rotatable bonds is 8. The first-order valence-electron chi connectivity index (χ1n) is 12.8. The predicted molar refractivity (Wildman–Crippen MR) is 169 cm³/mol. The molecule has 5 heterocycles. The highest BCUT2D eigenvalue weighted by Gasteiger charge is 2.22. The molecule has 0 bridgehead atoms. The molecule has 0 spiro atoms. The largest absolute Gasteiger partial charge is 0.365 e. The van der Waals surface area contributed by atoms with Gasteiger partial charge in [-0.1, -0.05) is 41.6 Å². The summed E-state index contributed by atoms with van der Waals surface area (Å²) < 4.78 is 3.64. The van der Waals surface area contributed by atoms with Crippen LogP contribution in [0.2, 0.25) is 4.34 Å². The Morgan fingerprint density at radius 2 is 1.90 bits per heavy atom. The van der Waals surface area contributed by atoms with Crippen molar-refractivity contribution in [2.45, 2.75) is 19.5 Å². The number of hydrogen-bond donors (Lipinski definition) is 1. The van der Waals surface area contributed by atoms with Gasteiger partial charge in [-0.2, -0.15) is 9.78 Å². The van der Waals surface area contributed by atoms with Crippen molar-refractivity contribution < 1.29 is 4.79 Å². The second-order valence-electron chi connectivity index (χ2n) is 8.95. The van der Waals surface area contributed by atoms with Crippen molar-refractivity contribution in [2.75, 3.05) is 5.32 Å². The van der Waals surface area contributed by atoms with E-state index in [1.807, 2.05) is 42.5 Å². The molecule has 1 aromatic carbocycles. The van der Waals surface area contributed by atoms with E-state index in [-0.39, 0.29) is 11.5 Å². The zero-order valence-electron chi connectivity index (χ0n) is 21.9. The van der Waals surface area contributed by atoms with Crippen LogP contribution in [-0.4, -0.2) is 30.2 Å². The maximum atomic E-state index is 13.5. The van der Waals surface area contributed by atoms with E-state index in [0.29, 0.717) is 51.6 Å². The van der Waals surface area contributed by atoms with Crippen LogP contribution in [0.3, 0.4) is 0 Å². The van der Waals surface area contributed by atoms with E-state index in [0.717, 1.165) is 15.3 Å². The average molecular weight is 629 g/mol. The smallest absolute Gasteiger partial charge is 0.309 e. The van der Waals surface area contributed by atoms with Crippen LogP contribution in [0.1, 0.15) is 30.7 Å². The fourth-order valence-corrected chi connectivity index (χ4v) is 6.42. The number of aryl methyl sites for hydroxylation is 1. The van der Waals surface area contributed by atoms with Gasteiger partial charge < -0.3 is 9.88 Å². The van der Waals surface area contributed by atoms with Crippen molar-refractivity contribution in [3.05, 3.63) is 125 Å². The van der Waals surface area contributed by atoms with Gasteiger partial charge in [-0.05, 0) is 30.3 Å². The molecule has 0 aliphatic heterocycles. The molecule has 42 heavy (non-hydrogen) atoms. The SMILES string of the molecule is O=C(c1nccs1)n1nc(-c2c(C#Cc3ccccc3)ccc(=O)n2CCc2cncs2)cc1NCc1ccc(Cl)s1. The summed E-state index contributed by atoms with van der Waals surface area (Å²) in [6.07, 6.45) is 3.99. The number of nitrogens with one attached hydrogen (secondary N) is 1. The third-order valence-electron chi connectivity index (χ3n) is 6.20. The first-order chi connectivity index (χ1) is 20.5. The maximum absolute atomic E-state index is 13.5. The molecule has 1 N–H and O–H groups in total. The Kier molecular flexibility index (Phi) is 8.39. The van der Waals surface area contributed by atoms with E-state index in [1.54, 1.807) is 40.0 Å². The molecule has 0 unspecified atom stereocenters. The molecule has 0 saturated heterocycles. The fourth-order valence-electron chi connectivity index (χ4n) is 4.25. The summed E-state index contributed by atoms with van der Waals surface area (Å²) in [5.41, 5.74) is 4.00. The zero-order valence-corrected chi connectivity index (χ0v) is 25.1. The number of halogens is 1. The van der Waals surface area contributed by atoms with Crippen LogP contribution in [0.15, 0.2) is 88.7 Å². The molecule has 0 saturated carbocycles. The molecule has 5 aromatic heterocycles. The Hall–Kier alpha value is -4.34. The van der Waals surface area contributed by atoms with Gasteiger partial charge >= 0.3 is 5.91 Å². The number of pyridine rings is 1. The number of thiophene rings is 1. The lowest BCUT2D eigenvalue weighted by Gasteiger charge is -2.12. The highest BCUT2D eigenvalue weighted by Crippen LogP contribution is 2.28. The number of hydrogen-bond acceptors (Lipinski definition) is 9. The van der Waals surface area contributed by atoms with Gasteiger partial charge in [0.15, 0.2) is 5.01 Å². The Morgan fingerprint density at radius 3 is 2.64 bits per heavy atom. The van der Waals surface area contributed by atoms with Gasteiger partial charge in [0.2, 0.25) is 0 Å². The number of anilines is 1. The molecular formula is C30H21ClN6O2S3. The van der Waals surface area contributed by atoms with Gasteiger partial charge in [-0.3, -0.25) is 14.6 Å². The summed E-state index contributed by atoms with van der Waals surface area (Å²) >= 11 is 10.3. The van der Waals surface area contributed by atoms with Gasteiger partial charge in [0.1, 0.15) is 11.5 Å². The standard InChI is InChI=1S/C30H21ClN6O2S3/c31-25-10-9-23(42-25)18-34-26-16-24(35-37(26)30(39)29-33-13-15-40-29)28-21(7-6-20-4-2-1-3-5-20)8-11-27(38)36(28)14-12-22-17-32-19-41-22/h1-5,8-11,13,15-17,19,34H,12,14,18H2. The molecule has 6 rings (SSSR count). The Labute approximate surface area is 257 Å². The third-order valence-corrected chi connectivity index (χ3v) is 9.03. The Bertz CT molecular complexity index is 1950. The van der Waals surface area contributed by atoms with Crippen molar-refractivity contribution in [1.29, 1.82) is 0 Å². The van der Waals surface area contributed by atoms with Crippen molar-refractivity contribution in [3.8, 4) is 23.2 Å². The van der Waals surface area contributed by atoms with E-state index < -0.39 is 0 Å². The first kappa shape index (κ1) is 27.8. The lowest BCUT2D eigenvalue weighted by atomic mass is 10.1. The number of carbonyl (C=O) groups is 1. The van der Waals surface area contributed by atoms with Crippen LogP contribution in [0.4, 0.5) is 5.82 Å². The highest BCUT2D eigenvalue weighted by atomic mass is 35.5. The maximum Gasteiger partial charge on any atom is 0.309 e. The number of carbonyl (C=O) groups excluding carboxylic acids is 1. The van der Waals surface area contributed by atoms with Crippen molar-refractivity contribution in [2.24, 2.45) is 0 Å². The van der Waals surface area contributed by atoms with E-state index in [2.05, 4.69) is 27.1 Å². The minimum Gasteiger partial charge on any atom is -0.365 e. The van der Waals surface area contributed by atoms with Crippen molar-refractivity contribution >= 4 is 57.3 Å². The van der Waals surface area contributed by atoms with Crippen molar-refractivity contribution in [1.82, 2.24) is 24.3 Å². The monoisotopic (exact) mass is 628 g/mol. The van der Waals surface area contributed by atoms with Gasteiger partial charge in [-0.15, -0.1) is 34.0 Å². The summed E-state index contributed by atoms with van der Waals surface area (Å²) in [6.45, 7) is 0.822. The second kappa shape index (κ2) is 12.7. The molecular weight excluding hydrogens is 608 g/mol. The van der Waals surface area contributed by atoms with Crippen LogP contribution >= 0.6 is 45.6 Å². The topological polar surface area (TPSA) is 94.7 Å². The summed E-state index contributed by atoms with van der Waals surface area (Å²) in [6, 6.07) is 18.4. The molecule has 0 aliphatic carbocycles. The van der Waals surface area contributed by atoms with Crippen LogP contribution in [0, 0.1) is 11.8 Å². The minimum atomic E-state index is -0.380. The van der Waals surface area contributed by atoms with Crippen LogP contribution in [-0.2, 0) is 19.5 Å². The molecule has 0 atom stereocenters. The molecule has 208 valence electrons. The van der Waals surface area contributed by atoms with Gasteiger partial charge in [0, 0.05) is 58.2 Å². The summed E-state index contributed by atoms with van der Waals surface area (Å²) in [4.78, 5) is 37.2. The Balaban J connectivity index is 1.47. The van der Waals surface area contributed by atoms with E-state index >= 15 is 0 Å². The lowest BCUT2D eigenvalue weighted by molar-refractivity contribution is 0.0947. The number of benzene rings is 1. The van der Waals surface area contributed by atoms with E-state index in [1.165, 1.54) is 44.8 Å². The van der Waals surface area contributed by atoms with Gasteiger partial charge in [0.05, 0.1) is 27.6 Å². The summed E-state index contributed by atoms with van der Waals surface area (Å²) in [5.74, 6) is 6.51. The number of nitrogens with zero attached hydrogens (tertiary/aromatic N) is 5. The van der Waals surface area contributed by atoms with E-state index in [4.69, 9.17) is 16.7 Å². The second-order valence-corrected chi connectivity index (χ2v) is 12.6. The average Bonchev–Trinajstić information content (AvgIpc) is 3.83. The molecule has 8 nitrogen and oxygen atoms in total. The van der Waals surface area contributed by atoms with Crippen LogP contribution in [0.5, 0.6) is 0 Å². The number of thiazole rings is 2. The fraction of sp³-hybridized carbons (Fsp3) is 0.100. The third kappa shape index (κ3) is 6.27. The first-order valence-corrected chi connectivity index (χ1v) is 15.7. The van der Waals surface area contributed by atoms with E-state index in [9.17, 15) is 9.59 Å². The predicted octanol–water partition coefficient (Wildman–Crippen LogP) is 6.28. The van der Waals surface area contributed by atoms with Gasteiger partial charge in [-0.25, -0.2) is 4.98 Å². The zero-order chi connectivity index (χ0) is 28.9. The quantitative estimate of drug-likeness (QED) is 0.199. The van der Waals surface area contributed by atoms with Crippen LogP contribution < -0.4 is 10.9 Å². The minimum absolute atomic E-state index is 0.191. The molecule has 0 aliphatic rings. The Morgan fingerprint density at radius 1 is 1.02 bits per heavy atom. The van der Waals surface area contributed by atoms with Gasteiger partial charge in [0.25, 0.3) is 5.56 Å². The lowest BCUT2D eigenvalue weighted by Crippen LogP contribution is -2.23. The normalized spacial score (nSPS) is 10.8.